The number of nitrogens with two attached hydrogens (primary N) is 1. The molecule has 27 heavy (non-hydrogen) atoms. The highest BCUT2D eigenvalue weighted by atomic mass is 19.1. The molecule has 4 aromatic rings. The molecule has 0 saturated heterocycles. The third-order valence-electron chi connectivity index (χ3n) is 4.75. The van der Waals surface area contributed by atoms with Gasteiger partial charge in [-0.05, 0) is 53.6 Å². The Morgan fingerprint density at radius 1 is 0.963 bits per heavy atom. The maximum atomic E-state index is 13.0. The number of aryl methyl sites for hydroxylation is 1. The third-order valence-corrected chi connectivity index (χ3v) is 4.75. The molecule has 5 heteroatoms. The lowest BCUT2D eigenvalue weighted by molar-refractivity contribution is 0.507. The molecule has 136 valence electrons. The molecule has 0 spiro atoms. The fourth-order valence-corrected chi connectivity index (χ4v) is 3.22. The van der Waals surface area contributed by atoms with Crippen LogP contribution in [0.15, 0.2) is 73.3 Å². The Labute approximate surface area is 157 Å². The van der Waals surface area contributed by atoms with Crippen LogP contribution in [0.4, 0.5) is 4.39 Å². The van der Waals surface area contributed by atoms with Crippen molar-refractivity contribution in [3.63, 3.8) is 0 Å². The van der Waals surface area contributed by atoms with Crippen molar-refractivity contribution in [1.82, 2.24) is 14.8 Å². The van der Waals surface area contributed by atoms with Gasteiger partial charge in [-0.3, -0.25) is 9.67 Å². The molecule has 4 nitrogen and oxygen atoms in total. The zero-order valence-corrected chi connectivity index (χ0v) is 14.9. The zero-order valence-electron chi connectivity index (χ0n) is 14.9. The number of aromatic nitrogens is 3. The summed E-state index contributed by atoms with van der Waals surface area (Å²) >= 11 is 0. The Balaban J connectivity index is 1.39. The number of rotatable bonds is 6. The standard InChI is InChI=1S/C22H21FN4/c23-21-5-1-16(2-6-21)11-22(24)8-10-27-15-20(14-26-27)17-3-4-19-13-25-9-7-18(19)12-17/h1-7,9,12-15,22H,8,10-11,24H2/t22-/m1/s1. The van der Waals surface area contributed by atoms with E-state index in [1.54, 1.807) is 18.3 Å². The maximum Gasteiger partial charge on any atom is 0.123 e. The molecule has 0 aliphatic heterocycles. The summed E-state index contributed by atoms with van der Waals surface area (Å²) in [6.07, 6.45) is 9.14. The van der Waals surface area contributed by atoms with Gasteiger partial charge in [-0.2, -0.15) is 5.10 Å². The lowest BCUT2D eigenvalue weighted by Gasteiger charge is -2.11. The topological polar surface area (TPSA) is 56.7 Å². The van der Waals surface area contributed by atoms with Crippen molar-refractivity contribution >= 4 is 10.8 Å². The highest BCUT2D eigenvalue weighted by Crippen LogP contribution is 2.23. The zero-order chi connectivity index (χ0) is 18.6. The van der Waals surface area contributed by atoms with E-state index >= 15 is 0 Å². The second kappa shape index (κ2) is 7.68. The van der Waals surface area contributed by atoms with Gasteiger partial charge in [0.05, 0.1) is 6.20 Å². The van der Waals surface area contributed by atoms with Crippen LogP contribution in [0.2, 0.25) is 0 Å². The van der Waals surface area contributed by atoms with E-state index in [-0.39, 0.29) is 11.9 Å². The van der Waals surface area contributed by atoms with E-state index in [2.05, 4.69) is 28.3 Å². The van der Waals surface area contributed by atoms with Crippen molar-refractivity contribution < 1.29 is 4.39 Å². The summed E-state index contributed by atoms with van der Waals surface area (Å²) in [5.41, 5.74) is 9.50. The van der Waals surface area contributed by atoms with E-state index in [9.17, 15) is 4.39 Å². The molecule has 1 atom stereocenters. The molecule has 0 radical (unpaired) electrons. The minimum Gasteiger partial charge on any atom is -0.327 e. The summed E-state index contributed by atoms with van der Waals surface area (Å²) in [5.74, 6) is -0.221. The van der Waals surface area contributed by atoms with E-state index in [1.165, 1.54) is 12.1 Å². The first-order chi connectivity index (χ1) is 13.2. The van der Waals surface area contributed by atoms with Crippen LogP contribution >= 0.6 is 0 Å². The fraction of sp³-hybridized carbons (Fsp3) is 0.182. The first-order valence-electron chi connectivity index (χ1n) is 9.04. The van der Waals surface area contributed by atoms with E-state index < -0.39 is 0 Å². The van der Waals surface area contributed by atoms with Gasteiger partial charge in [-0.1, -0.05) is 24.3 Å². The second-order valence-electron chi connectivity index (χ2n) is 6.81. The lowest BCUT2D eigenvalue weighted by atomic mass is 10.0. The summed E-state index contributed by atoms with van der Waals surface area (Å²) in [6, 6.07) is 14.9. The van der Waals surface area contributed by atoms with E-state index in [4.69, 9.17) is 5.73 Å². The minimum atomic E-state index is -0.221. The normalized spacial score (nSPS) is 12.4. The van der Waals surface area contributed by atoms with Gasteiger partial charge in [-0.15, -0.1) is 0 Å². The van der Waals surface area contributed by atoms with Crippen LogP contribution in [0.5, 0.6) is 0 Å². The predicted molar refractivity (Wildman–Crippen MR) is 106 cm³/mol. The Kier molecular flexibility index (Phi) is 4.94. The van der Waals surface area contributed by atoms with Gasteiger partial charge < -0.3 is 5.73 Å². The number of nitrogens with zero attached hydrogens (tertiary/aromatic N) is 3. The summed E-state index contributed by atoms with van der Waals surface area (Å²) in [7, 11) is 0. The molecular weight excluding hydrogens is 339 g/mol. The van der Waals surface area contributed by atoms with Gasteiger partial charge in [-0.25, -0.2) is 4.39 Å². The van der Waals surface area contributed by atoms with Crippen LogP contribution in [0.3, 0.4) is 0 Å². The SMILES string of the molecule is N[C@H](CCn1cc(-c2ccc3cnccc3c2)cn1)Cc1ccc(F)cc1. The molecule has 2 N–H and O–H groups in total. The summed E-state index contributed by atoms with van der Waals surface area (Å²) < 4.78 is 14.9. The van der Waals surface area contributed by atoms with Crippen molar-refractivity contribution in [2.75, 3.05) is 0 Å². The summed E-state index contributed by atoms with van der Waals surface area (Å²) in [5, 5.41) is 6.75. The molecule has 0 amide bonds. The van der Waals surface area contributed by atoms with Crippen molar-refractivity contribution in [2.24, 2.45) is 5.73 Å². The van der Waals surface area contributed by atoms with Crippen molar-refractivity contribution in [2.45, 2.75) is 25.4 Å². The van der Waals surface area contributed by atoms with Crippen LogP contribution in [0, 0.1) is 5.82 Å². The summed E-state index contributed by atoms with van der Waals surface area (Å²) in [6.45, 7) is 0.750. The largest absolute Gasteiger partial charge is 0.327 e. The molecule has 0 aliphatic carbocycles. The van der Waals surface area contributed by atoms with Crippen molar-refractivity contribution in [3.8, 4) is 11.1 Å². The quantitative estimate of drug-likeness (QED) is 0.561. The maximum absolute atomic E-state index is 13.0. The van der Waals surface area contributed by atoms with Crippen molar-refractivity contribution in [1.29, 1.82) is 0 Å². The van der Waals surface area contributed by atoms with Crippen LogP contribution in [0.25, 0.3) is 21.9 Å². The number of benzene rings is 2. The monoisotopic (exact) mass is 360 g/mol. The Hall–Kier alpha value is -3.05. The molecule has 0 unspecified atom stereocenters. The molecule has 2 aromatic heterocycles. The van der Waals surface area contributed by atoms with Crippen LogP contribution < -0.4 is 5.73 Å². The van der Waals surface area contributed by atoms with Crippen LogP contribution in [-0.2, 0) is 13.0 Å². The molecule has 4 rings (SSSR count). The number of hydrogen-bond donors (Lipinski definition) is 1. The van der Waals surface area contributed by atoms with E-state index in [0.717, 1.165) is 46.8 Å². The number of halogens is 1. The van der Waals surface area contributed by atoms with Gasteiger partial charge in [0.25, 0.3) is 0 Å². The van der Waals surface area contributed by atoms with Gasteiger partial charge in [0.2, 0.25) is 0 Å². The smallest absolute Gasteiger partial charge is 0.123 e. The molecule has 0 saturated carbocycles. The molecule has 2 heterocycles. The molecular formula is C22H21FN4. The van der Waals surface area contributed by atoms with E-state index in [0.29, 0.717) is 0 Å². The average Bonchev–Trinajstić information content (AvgIpc) is 3.17. The summed E-state index contributed by atoms with van der Waals surface area (Å²) in [4.78, 5) is 4.15. The Bertz CT molecular complexity index is 1040. The minimum absolute atomic E-state index is 0.0104. The molecule has 0 fully saturated rings. The molecule has 2 aromatic carbocycles. The Morgan fingerprint density at radius 3 is 2.67 bits per heavy atom. The molecule has 0 bridgehead atoms. The van der Waals surface area contributed by atoms with Crippen molar-refractivity contribution in [3.05, 3.63) is 84.7 Å². The van der Waals surface area contributed by atoms with Gasteiger partial charge in [0.1, 0.15) is 5.82 Å². The van der Waals surface area contributed by atoms with E-state index in [1.807, 2.05) is 29.3 Å². The van der Waals surface area contributed by atoms with Crippen LogP contribution in [-0.4, -0.2) is 20.8 Å². The average molecular weight is 360 g/mol. The predicted octanol–water partition coefficient (Wildman–Crippen LogP) is 4.20. The first kappa shape index (κ1) is 17.4. The van der Waals surface area contributed by atoms with Gasteiger partial charge in [0, 0.05) is 42.1 Å². The second-order valence-corrected chi connectivity index (χ2v) is 6.81. The number of pyridine rings is 1. The number of hydrogen-bond acceptors (Lipinski definition) is 3. The first-order valence-corrected chi connectivity index (χ1v) is 9.04. The van der Waals surface area contributed by atoms with Crippen LogP contribution in [0.1, 0.15) is 12.0 Å². The highest BCUT2D eigenvalue weighted by molar-refractivity contribution is 5.86. The third kappa shape index (κ3) is 4.20. The highest BCUT2D eigenvalue weighted by Gasteiger charge is 2.07. The number of fused-ring (bicyclic) bond motifs is 1. The van der Waals surface area contributed by atoms with Gasteiger partial charge >= 0.3 is 0 Å². The lowest BCUT2D eigenvalue weighted by Crippen LogP contribution is -2.24. The molecule has 0 aliphatic rings. The Morgan fingerprint density at radius 2 is 1.81 bits per heavy atom. The fourth-order valence-electron chi connectivity index (χ4n) is 3.22. The van der Waals surface area contributed by atoms with Gasteiger partial charge in [0.15, 0.2) is 0 Å².